The Morgan fingerprint density at radius 3 is 2.38 bits per heavy atom. The molecular formula is C13H21NO2. The Labute approximate surface area is 97.4 Å². The summed E-state index contributed by atoms with van der Waals surface area (Å²) in [6.45, 7) is 4.15. The molecule has 2 unspecified atom stereocenters. The van der Waals surface area contributed by atoms with Gasteiger partial charge in [-0.3, -0.25) is 0 Å². The summed E-state index contributed by atoms with van der Waals surface area (Å²) in [7, 11) is 1.69. The molecule has 0 aliphatic carbocycles. The number of benzene rings is 1. The van der Waals surface area contributed by atoms with Crippen LogP contribution >= 0.6 is 0 Å². The van der Waals surface area contributed by atoms with Crippen LogP contribution in [0.15, 0.2) is 30.3 Å². The number of methoxy groups -OCH3 is 1. The van der Waals surface area contributed by atoms with E-state index < -0.39 is 0 Å². The van der Waals surface area contributed by atoms with Crippen molar-refractivity contribution in [3.05, 3.63) is 35.9 Å². The Balaban J connectivity index is 2.62. The van der Waals surface area contributed by atoms with E-state index in [4.69, 9.17) is 4.74 Å². The molecule has 2 N–H and O–H groups in total. The van der Waals surface area contributed by atoms with Crippen LogP contribution in [-0.4, -0.2) is 31.0 Å². The van der Waals surface area contributed by atoms with Crippen LogP contribution in [0.1, 0.15) is 25.5 Å². The van der Waals surface area contributed by atoms with Crippen LogP contribution in [0.5, 0.6) is 0 Å². The van der Waals surface area contributed by atoms with Gasteiger partial charge in [0, 0.05) is 13.2 Å². The molecule has 1 rings (SSSR count). The lowest BCUT2D eigenvalue weighted by Gasteiger charge is -2.25. The van der Waals surface area contributed by atoms with Crippen LogP contribution in [0, 0.1) is 0 Å². The molecule has 0 amide bonds. The zero-order valence-electron chi connectivity index (χ0n) is 10.2. The highest BCUT2D eigenvalue weighted by Gasteiger charge is 2.17. The minimum absolute atomic E-state index is 0.0335. The van der Waals surface area contributed by atoms with Gasteiger partial charge in [0.1, 0.15) is 0 Å². The Kier molecular flexibility index (Phi) is 5.46. The molecule has 0 aliphatic rings. The van der Waals surface area contributed by atoms with Crippen molar-refractivity contribution in [3.8, 4) is 0 Å². The van der Waals surface area contributed by atoms with E-state index in [9.17, 15) is 5.11 Å². The Hall–Kier alpha value is -0.900. The van der Waals surface area contributed by atoms with Crippen LogP contribution in [0.2, 0.25) is 0 Å². The first-order valence-electron chi connectivity index (χ1n) is 5.63. The monoisotopic (exact) mass is 223 g/mol. The molecule has 0 aliphatic heterocycles. The molecule has 0 radical (unpaired) electrons. The van der Waals surface area contributed by atoms with Crippen molar-refractivity contribution in [1.29, 1.82) is 0 Å². The van der Waals surface area contributed by atoms with Crippen LogP contribution in [0.25, 0.3) is 0 Å². The summed E-state index contributed by atoms with van der Waals surface area (Å²) >= 11 is 0. The number of hydrogen-bond acceptors (Lipinski definition) is 3. The number of aliphatic hydroxyl groups excluding tert-OH is 1. The third-order valence-corrected chi connectivity index (χ3v) is 2.92. The summed E-state index contributed by atoms with van der Waals surface area (Å²) in [5.74, 6) is 0. The maximum absolute atomic E-state index is 9.38. The lowest BCUT2D eigenvalue weighted by Crippen LogP contribution is -2.40. The molecule has 0 saturated carbocycles. The Morgan fingerprint density at radius 2 is 1.88 bits per heavy atom. The van der Waals surface area contributed by atoms with E-state index in [0.29, 0.717) is 0 Å². The zero-order valence-corrected chi connectivity index (χ0v) is 10.2. The maximum Gasteiger partial charge on any atom is 0.0693 e. The second kappa shape index (κ2) is 6.63. The average molecular weight is 223 g/mol. The first-order chi connectivity index (χ1) is 7.69. The van der Waals surface area contributed by atoms with E-state index in [0.717, 1.165) is 5.56 Å². The smallest absolute Gasteiger partial charge is 0.0693 e. The van der Waals surface area contributed by atoms with Crippen LogP contribution in [0.4, 0.5) is 0 Å². The van der Waals surface area contributed by atoms with Gasteiger partial charge in [0.25, 0.3) is 0 Å². The van der Waals surface area contributed by atoms with Gasteiger partial charge in [-0.1, -0.05) is 30.3 Å². The van der Waals surface area contributed by atoms with E-state index in [1.54, 1.807) is 7.11 Å². The third kappa shape index (κ3) is 3.59. The average Bonchev–Trinajstić information content (AvgIpc) is 2.35. The molecular weight excluding hydrogens is 202 g/mol. The van der Waals surface area contributed by atoms with Crippen molar-refractivity contribution in [2.45, 2.75) is 32.0 Å². The van der Waals surface area contributed by atoms with Crippen molar-refractivity contribution in [2.24, 2.45) is 0 Å². The van der Waals surface area contributed by atoms with Gasteiger partial charge in [-0.05, 0) is 19.4 Å². The number of rotatable bonds is 6. The van der Waals surface area contributed by atoms with Crippen LogP contribution < -0.4 is 5.32 Å². The van der Waals surface area contributed by atoms with Crippen LogP contribution in [0.3, 0.4) is 0 Å². The Morgan fingerprint density at radius 1 is 1.25 bits per heavy atom. The minimum Gasteiger partial charge on any atom is -0.394 e. The highest BCUT2D eigenvalue weighted by Crippen LogP contribution is 2.13. The lowest BCUT2D eigenvalue weighted by atomic mass is 10.1. The van der Waals surface area contributed by atoms with Gasteiger partial charge in [-0.25, -0.2) is 0 Å². The molecule has 3 heteroatoms. The fraction of sp³-hybridized carbons (Fsp3) is 0.538. The lowest BCUT2D eigenvalue weighted by molar-refractivity contribution is 0.0797. The summed E-state index contributed by atoms with van der Waals surface area (Å²) in [6, 6.07) is 10.1. The van der Waals surface area contributed by atoms with Gasteiger partial charge >= 0.3 is 0 Å². The number of ether oxygens (including phenoxy) is 1. The first-order valence-corrected chi connectivity index (χ1v) is 5.63. The van der Waals surface area contributed by atoms with Gasteiger partial charge in [0.05, 0.1) is 18.8 Å². The van der Waals surface area contributed by atoms with Crippen LogP contribution in [-0.2, 0) is 4.74 Å². The summed E-state index contributed by atoms with van der Waals surface area (Å²) in [6.07, 6.45) is 0.123. The van der Waals surface area contributed by atoms with Gasteiger partial charge in [-0.2, -0.15) is 0 Å². The summed E-state index contributed by atoms with van der Waals surface area (Å²) in [5, 5.41) is 12.7. The third-order valence-electron chi connectivity index (χ3n) is 2.92. The first kappa shape index (κ1) is 13.2. The van der Waals surface area contributed by atoms with Gasteiger partial charge in [0.2, 0.25) is 0 Å². The van der Waals surface area contributed by atoms with Crippen molar-refractivity contribution < 1.29 is 9.84 Å². The molecule has 0 aromatic heterocycles. The van der Waals surface area contributed by atoms with E-state index in [1.807, 2.05) is 37.3 Å². The standard InChI is InChI=1S/C13H21NO2/c1-10(11(2)16-3)14-13(9-15)12-7-5-4-6-8-12/h4-8,10-11,13-15H,9H2,1-3H3/t10?,11?,13-/m0/s1. The summed E-state index contributed by atoms with van der Waals surface area (Å²) in [4.78, 5) is 0. The van der Waals surface area contributed by atoms with Gasteiger partial charge < -0.3 is 15.2 Å². The second-order valence-corrected chi connectivity index (χ2v) is 4.04. The molecule has 0 fully saturated rings. The zero-order chi connectivity index (χ0) is 12.0. The van der Waals surface area contributed by atoms with Crippen molar-refractivity contribution >= 4 is 0 Å². The topological polar surface area (TPSA) is 41.5 Å². The van der Waals surface area contributed by atoms with E-state index in [1.165, 1.54) is 0 Å². The molecule has 0 heterocycles. The van der Waals surface area contributed by atoms with E-state index in [-0.39, 0.29) is 24.8 Å². The molecule has 1 aromatic rings. The van der Waals surface area contributed by atoms with Crippen molar-refractivity contribution in [1.82, 2.24) is 5.32 Å². The summed E-state index contributed by atoms with van der Waals surface area (Å²) < 4.78 is 5.25. The molecule has 0 bridgehead atoms. The molecule has 0 saturated heterocycles. The number of hydrogen-bond donors (Lipinski definition) is 2. The highest BCUT2D eigenvalue weighted by atomic mass is 16.5. The molecule has 90 valence electrons. The summed E-state index contributed by atoms with van der Waals surface area (Å²) in [5.41, 5.74) is 1.10. The van der Waals surface area contributed by atoms with E-state index in [2.05, 4.69) is 12.2 Å². The number of aliphatic hydroxyl groups is 1. The normalized spacial score (nSPS) is 16.8. The fourth-order valence-electron chi connectivity index (χ4n) is 1.60. The second-order valence-electron chi connectivity index (χ2n) is 4.04. The maximum atomic E-state index is 9.38. The van der Waals surface area contributed by atoms with Crippen molar-refractivity contribution in [2.75, 3.05) is 13.7 Å². The molecule has 0 spiro atoms. The molecule has 16 heavy (non-hydrogen) atoms. The van der Waals surface area contributed by atoms with Gasteiger partial charge in [-0.15, -0.1) is 0 Å². The number of nitrogens with one attached hydrogen (secondary N) is 1. The highest BCUT2D eigenvalue weighted by molar-refractivity contribution is 5.19. The molecule has 3 atom stereocenters. The predicted molar refractivity (Wildman–Crippen MR) is 65.3 cm³/mol. The Bertz CT molecular complexity index is 289. The predicted octanol–water partition coefficient (Wildman–Crippen LogP) is 1.73. The SMILES string of the molecule is COC(C)C(C)N[C@@H](CO)c1ccccc1. The molecule has 1 aromatic carbocycles. The minimum atomic E-state index is -0.0335. The fourth-order valence-corrected chi connectivity index (χ4v) is 1.60. The largest absolute Gasteiger partial charge is 0.394 e. The van der Waals surface area contributed by atoms with Crippen molar-refractivity contribution in [3.63, 3.8) is 0 Å². The molecule has 3 nitrogen and oxygen atoms in total. The van der Waals surface area contributed by atoms with Gasteiger partial charge in [0.15, 0.2) is 0 Å². The van der Waals surface area contributed by atoms with E-state index >= 15 is 0 Å². The quantitative estimate of drug-likeness (QED) is 0.771.